The van der Waals surface area contributed by atoms with Gasteiger partial charge in [-0.2, -0.15) is 0 Å². The minimum Gasteiger partial charge on any atom is -0.378 e. The first-order chi connectivity index (χ1) is 21.6. The molecule has 0 unspecified atom stereocenters. The van der Waals surface area contributed by atoms with Crippen molar-refractivity contribution in [2.75, 3.05) is 42.8 Å². The van der Waals surface area contributed by atoms with Gasteiger partial charge in [-0.3, -0.25) is 19.2 Å². The maximum absolute atomic E-state index is 13.3. The Kier molecular flexibility index (Phi) is 9.80. The highest BCUT2D eigenvalue weighted by Gasteiger charge is 2.22. The van der Waals surface area contributed by atoms with E-state index in [9.17, 15) is 19.2 Å². The zero-order valence-electron chi connectivity index (χ0n) is 25.5. The van der Waals surface area contributed by atoms with Crippen molar-refractivity contribution in [1.82, 2.24) is 9.47 Å². The Hall–Kier alpha value is -4.73. The summed E-state index contributed by atoms with van der Waals surface area (Å²) in [6.45, 7) is 5.73. The van der Waals surface area contributed by atoms with Gasteiger partial charge in [-0.25, -0.2) is 0 Å². The van der Waals surface area contributed by atoms with Crippen molar-refractivity contribution in [3.63, 3.8) is 0 Å². The molecule has 1 fully saturated rings. The molecule has 2 N–H and O–H groups in total. The van der Waals surface area contributed by atoms with Crippen LogP contribution in [0.3, 0.4) is 0 Å². The van der Waals surface area contributed by atoms with Gasteiger partial charge in [0, 0.05) is 49.6 Å². The smallest absolute Gasteiger partial charge is 0.256 e. The lowest BCUT2D eigenvalue weighted by Gasteiger charge is -2.27. The summed E-state index contributed by atoms with van der Waals surface area (Å²) < 4.78 is 6.90. The van der Waals surface area contributed by atoms with Crippen molar-refractivity contribution >= 4 is 40.7 Å². The third kappa shape index (κ3) is 7.33. The molecule has 4 aromatic rings. The average Bonchev–Trinajstić information content (AvgIpc) is 3.04. The quantitative estimate of drug-likeness (QED) is 0.263. The second-order valence-electron chi connectivity index (χ2n) is 11.1. The highest BCUT2D eigenvalue weighted by atomic mass is 35.5. The number of anilines is 2. The molecule has 1 aliphatic heterocycles. The van der Waals surface area contributed by atoms with Gasteiger partial charge in [0.05, 0.1) is 24.5 Å². The van der Waals surface area contributed by atoms with Crippen LogP contribution in [0, 0.1) is 13.8 Å². The Morgan fingerprint density at radius 2 is 1.64 bits per heavy atom. The number of benzene rings is 3. The van der Waals surface area contributed by atoms with Crippen LogP contribution in [0.2, 0.25) is 0 Å². The molecule has 0 atom stereocenters. The lowest BCUT2D eigenvalue weighted by Crippen LogP contribution is -2.41. The largest absolute Gasteiger partial charge is 0.378 e. The third-order valence-electron chi connectivity index (χ3n) is 7.87. The maximum Gasteiger partial charge on any atom is 0.256 e. The molecule has 0 bridgehead atoms. The van der Waals surface area contributed by atoms with Gasteiger partial charge < -0.3 is 24.8 Å². The third-order valence-corrected chi connectivity index (χ3v) is 8.11. The fraction of sp³-hybridized carbons (Fsp3) is 0.257. The Bertz CT molecular complexity index is 1810. The minimum absolute atomic E-state index is 0.167. The number of halogens is 1. The lowest BCUT2D eigenvalue weighted by molar-refractivity contribution is -0.113. The van der Waals surface area contributed by atoms with Crippen LogP contribution in [0.5, 0.6) is 0 Å². The zero-order valence-corrected chi connectivity index (χ0v) is 26.2. The van der Waals surface area contributed by atoms with Crippen LogP contribution in [-0.4, -0.2) is 59.4 Å². The summed E-state index contributed by atoms with van der Waals surface area (Å²) in [5, 5.41) is 5.76. The molecule has 1 aliphatic rings. The minimum atomic E-state index is -0.437. The van der Waals surface area contributed by atoms with Crippen LogP contribution in [0.25, 0.3) is 11.1 Å². The number of nitrogens with zero attached hydrogens (tertiary/aromatic N) is 2. The number of ether oxygens (including phenoxy) is 1. The topological polar surface area (TPSA) is 110 Å². The van der Waals surface area contributed by atoms with Crippen LogP contribution < -0.4 is 16.2 Å². The molecule has 0 radical (unpaired) electrons. The van der Waals surface area contributed by atoms with Crippen LogP contribution >= 0.6 is 11.6 Å². The van der Waals surface area contributed by atoms with E-state index in [2.05, 4.69) is 10.6 Å². The number of amides is 3. The van der Waals surface area contributed by atoms with Gasteiger partial charge >= 0.3 is 0 Å². The summed E-state index contributed by atoms with van der Waals surface area (Å²) in [4.78, 5) is 53.4. The number of alkyl halides is 1. The predicted molar refractivity (Wildman–Crippen MR) is 176 cm³/mol. The predicted octanol–water partition coefficient (Wildman–Crippen LogP) is 5.16. The van der Waals surface area contributed by atoms with E-state index in [4.69, 9.17) is 16.3 Å². The summed E-state index contributed by atoms with van der Waals surface area (Å²) >= 11 is 5.76. The van der Waals surface area contributed by atoms with E-state index in [0.29, 0.717) is 54.4 Å². The molecule has 0 spiro atoms. The SMILES string of the molecule is Cc1ccc(C(=O)Nc2cccc(-c3cc(Cc4ccc(C(=O)N5CCOCC5)c(NC(=O)CCl)c4)c(=O)n(C)c3)c2C)cc1. The molecular weight excluding hydrogens is 592 g/mol. The first kappa shape index (κ1) is 31.7. The highest BCUT2D eigenvalue weighted by molar-refractivity contribution is 6.29. The van der Waals surface area contributed by atoms with Gasteiger partial charge in [-0.1, -0.05) is 35.9 Å². The number of carbonyl (C=O) groups excluding carboxylic acids is 3. The molecule has 232 valence electrons. The normalized spacial score (nSPS) is 12.9. The van der Waals surface area contributed by atoms with Crippen LogP contribution in [0.4, 0.5) is 11.4 Å². The molecular formula is C35H35ClN4O5. The van der Waals surface area contributed by atoms with Crippen molar-refractivity contribution in [3.8, 4) is 11.1 Å². The van der Waals surface area contributed by atoms with Crippen molar-refractivity contribution < 1.29 is 19.1 Å². The number of carbonyl (C=O) groups is 3. The van der Waals surface area contributed by atoms with Gasteiger partial charge in [-0.05, 0) is 72.5 Å². The molecule has 2 heterocycles. The second-order valence-corrected chi connectivity index (χ2v) is 11.4. The average molecular weight is 627 g/mol. The Morgan fingerprint density at radius 1 is 0.911 bits per heavy atom. The molecule has 3 aromatic carbocycles. The summed E-state index contributed by atoms with van der Waals surface area (Å²) in [5.41, 5.74) is 6.65. The highest BCUT2D eigenvalue weighted by Crippen LogP contribution is 2.30. The van der Waals surface area contributed by atoms with E-state index in [1.807, 2.05) is 50.2 Å². The standard InChI is InChI=1S/C35H35ClN4O5/c1-22-7-10-25(11-8-22)33(42)38-30-6-4-5-28(23(30)2)27-19-26(34(43)39(3)21-27)17-24-9-12-29(31(18-24)37-32(41)20-36)35(44)40-13-15-45-16-14-40/h4-12,18-19,21H,13-17,20H2,1-3H3,(H,37,41)(H,38,42). The van der Waals surface area contributed by atoms with Crippen molar-refractivity contribution in [2.24, 2.45) is 7.05 Å². The fourth-order valence-electron chi connectivity index (χ4n) is 5.37. The number of pyridine rings is 1. The van der Waals surface area contributed by atoms with Crippen LogP contribution in [0.1, 0.15) is 43.0 Å². The molecule has 45 heavy (non-hydrogen) atoms. The molecule has 0 aliphatic carbocycles. The van der Waals surface area contributed by atoms with Gasteiger partial charge in [0.15, 0.2) is 0 Å². The summed E-state index contributed by atoms with van der Waals surface area (Å²) in [7, 11) is 1.70. The first-order valence-electron chi connectivity index (χ1n) is 14.7. The number of hydrogen-bond donors (Lipinski definition) is 2. The van der Waals surface area contributed by atoms with Crippen molar-refractivity contribution in [3.05, 3.63) is 117 Å². The van der Waals surface area contributed by atoms with Crippen molar-refractivity contribution in [2.45, 2.75) is 20.3 Å². The van der Waals surface area contributed by atoms with Crippen LogP contribution in [0.15, 0.2) is 77.7 Å². The maximum atomic E-state index is 13.3. The second kappa shape index (κ2) is 13.9. The number of morpholine rings is 1. The van der Waals surface area contributed by atoms with E-state index in [-0.39, 0.29) is 29.7 Å². The Morgan fingerprint density at radius 3 is 2.36 bits per heavy atom. The number of aromatic nitrogens is 1. The van der Waals surface area contributed by atoms with E-state index in [1.165, 1.54) is 4.57 Å². The first-order valence-corrected chi connectivity index (χ1v) is 15.2. The van der Waals surface area contributed by atoms with Gasteiger partial charge in [-0.15, -0.1) is 11.6 Å². The van der Waals surface area contributed by atoms with E-state index >= 15 is 0 Å². The number of rotatable bonds is 8. The molecule has 9 nitrogen and oxygen atoms in total. The number of aryl methyl sites for hydroxylation is 2. The van der Waals surface area contributed by atoms with Gasteiger partial charge in [0.2, 0.25) is 5.91 Å². The zero-order chi connectivity index (χ0) is 32.1. The Balaban J connectivity index is 1.45. The molecule has 1 saturated heterocycles. The van der Waals surface area contributed by atoms with E-state index in [1.54, 1.807) is 48.5 Å². The summed E-state index contributed by atoms with van der Waals surface area (Å²) in [5.74, 6) is -1.11. The van der Waals surface area contributed by atoms with Crippen molar-refractivity contribution in [1.29, 1.82) is 0 Å². The fourth-order valence-corrected chi connectivity index (χ4v) is 5.44. The molecule has 5 rings (SSSR count). The molecule has 0 saturated carbocycles. The summed E-state index contributed by atoms with van der Waals surface area (Å²) in [6, 6.07) is 20.1. The molecule has 10 heteroatoms. The molecule has 3 amide bonds. The number of nitrogens with one attached hydrogen (secondary N) is 2. The van der Waals surface area contributed by atoms with Gasteiger partial charge in [0.25, 0.3) is 17.4 Å². The number of hydrogen-bond acceptors (Lipinski definition) is 5. The summed E-state index contributed by atoms with van der Waals surface area (Å²) in [6.07, 6.45) is 2.04. The van der Waals surface area contributed by atoms with E-state index < -0.39 is 5.91 Å². The molecule has 1 aromatic heterocycles. The monoisotopic (exact) mass is 626 g/mol. The van der Waals surface area contributed by atoms with Crippen LogP contribution in [-0.2, 0) is 23.0 Å². The lowest BCUT2D eigenvalue weighted by atomic mass is 9.96. The Labute approximate surface area is 266 Å². The van der Waals surface area contributed by atoms with E-state index in [0.717, 1.165) is 27.8 Å². The van der Waals surface area contributed by atoms with Gasteiger partial charge in [0.1, 0.15) is 5.88 Å².